The summed E-state index contributed by atoms with van der Waals surface area (Å²) in [7, 11) is 2.12. The van der Waals surface area contributed by atoms with Crippen molar-refractivity contribution in [1.82, 2.24) is 10.2 Å². The molecule has 0 unspecified atom stereocenters. The van der Waals surface area contributed by atoms with E-state index in [0.717, 1.165) is 30.8 Å². The van der Waals surface area contributed by atoms with Gasteiger partial charge in [0.1, 0.15) is 5.75 Å². The second kappa shape index (κ2) is 4.12. The second-order valence-electron chi connectivity index (χ2n) is 6.15. The third kappa shape index (κ3) is 1.68. The maximum Gasteiger partial charge on any atom is 0.223 e. The summed E-state index contributed by atoms with van der Waals surface area (Å²) >= 11 is 6.13. The summed E-state index contributed by atoms with van der Waals surface area (Å²) < 4.78 is 6.25. The number of rotatable bonds is 0. The van der Waals surface area contributed by atoms with Gasteiger partial charge in [0.05, 0.1) is 0 Å². The fraction of sp³-hybridized carbons (Fsp3) is 0.533. The minimum atomic E-state index is -0.520. The molecule has 2 saturated heterocycles. The largest absolute Gasteiger partial charge is 0.467 e. The number of nitrogens with one attached hydrogen (secondary N) is 1. The third-order valence-electron chi connectivity index (χ3n) is 4.88. The van der Waals surface area contributed by atoms with Crippen LogP contribution in [0.2, 0.25) is 5.02 Å². The van der Waals surface area contributed by atoms with Gasteiger partial charge < -0.3 is 15.0 Å². The summed E-state index contributed by atoms with van der Waals surface area (Å²) in [6.07, 6.45) is 1.36. The molecule has 106 valence electrons. The van der Waals surface area contributed by atoms with Gasteiger partial charge in [-0.05, 0) is 30.8 Å². The van der Waals surface area contributed by atoms with Crippen LogP contribution in [0.4, 0.5) is 0 Å². The molecule has 20 heavy (non-hydrogen) atoms. The van der Waals surface area contributed by atoms with Crippen LogP contribution >= 0.6 is 11.6 Å². The first-order chi connectivity index (χ1) is 9.57. The summed E-state index contributed by atoms with van der Waals surface area (Å²) in [6, 6.07) is 5.74. The summed E-state index contributed by atoms with van der Waals surface area (Å²) in [4.78, 5) is 14.4. The molecule has 2 bridgehead atoms. The molecule has 0 aliphatic carbocycles. The Hall–Kier alpha value is -1.26. The molecule has 0 radical (unpaired) electrons. The number of fused-ring (bicyclic) bond motifs is 2. The number of nitrogens with zero attached hydrogens (tertiary/aromatic N) is 1. The van der Waals surface area contributed by atoms with Gasteiger partial charge in [0.2, 0.25) is 5.91 Å². The summed E-state index contributed by atoms with van der Waals surface area (Å²) in [5.41, 5.74) is 0.566. The van der Waals surface area contributed by atoms with E-state index in [1.807, 2.05) is 18.2 Å². The van der Waals surface area contributed by atoms with Crippen molar-refractivity contribution in [1.29, 1.82) is 0 Å². The van der Waals surface area contributed by atoms with Gasteiger partial charge in [-0.1, -0.05) is 11.6 Å². The van der Waals surface area contributed by atoms with E-state index < -0.39 is 5.72 Å². The van der Waals surface area contributed by atoms with Crippen LogP contribution in [0.15, 0.2) is 18.2 Å². The van der Waals surface area contributed by atoms with Crippen molar-refractivity contribution in [3.63, 3.8) is 0 Å². The van der Waals surface area contributed by atoms with E-state index in [1.165, 1.54) is 0 Å². The Morgan fingerprint density at radius 3 is 3.20 bits per heavy atom. The summed E-state index contributed by atoms with van der Waals surface area (Å²) in [5.74, 6) is 1.46. The lowest BCUT2D eigenvalue weighted by molar-refractivity contribution is -0.152. The summed E-state index contributed by atoms with van der Waals surface area (Å²) in [5, 5.41) is 3.82. The monoisotopic (exact) mass is 292 g/mol. The third-order valence-corrected chi connectivity index (χ3v) is 5.11. The van der Waals surface area contributed by atoms with Crippen LogP contribution in [0.25, 0.3) is 0 Å². The molecule has 0 saturated carbocycles. The Morgan fingerprint density at radius 2 is 2.35 bits per heavy atom. The normalized spacial score (nSPS) is 35.6. The summed E-state index contributed by atoms with van der Waals surface area (Å²) in [6.45, 7) is 1.88. The minimum Gasteiger partial charge on any atom is -0.467 e. The van der Waals surface area contributed by atoms with Gasteiger partial charge in [-0.15, -0.1) is 0 Å². The van der Waals surface area contributed by atoms with Gasteiger partial charge >= 0.3 is 0 Å². The van der Waals surface area contributed by atoms with Crippen LogP contribution in [0.5, 0.6) is 5.75 Å². The zero-order valence-electron chi connectivity index (χ0n) is 11.4. The molecule has 3 atom stereocenters. The van der Waals surface area contributed by atoms with Gasteiger partial charge in [0.25, 0.3) is 0 Å². The SMILES string of the molecule is CN1CC[C@]23NC(=O)C[C@H](c4cc(Cl)ccc4O2)[C@@H]3C1. The number of likely N-dealkylation sites (tertiary alicyclic amines) is 1. The molecular formula is C15H17ClN2O2. The van der Waals surface area contributed by atoms with Crippen LogP contribution in [0.3, 0.4) is 0 Å². The molecular weight excluding hydrogens is 276 g/mol. The van der Waals surface area contributed by atoms with Crippen molar-refractivity contribution in [3.05, 3.63) is 28.8 Å². The van der Waals surface area contributed by atoms with Gasteiger partial charge in [-0.3, -0.25) is 4.79 Å². The van der Waals surface area contributed by atoms with Crippen molar-refractivity contribution in [2.75, 3.05) is 20.1 Å². The average molecular weight is 293 g/mol. The first-order valence-corrected chi connectivity index (χ1v) is 7.43. The maximum atomic E-state index is 12.1. The highest BCUT2D eigenvalue weighted by Gasteiger charge is 2.56. The fourth-order valence-corrected chi connectivity index (χ4v) is 4.11. The molecule has 3 aliphatic heterocycles. The molecule has 5 heteroatoms. The number of hydrogen-bond donors (Lipinski definition) is 1. The molecule has 4 rings (SSSR count). The number of carbonyl (C=O) groups is 1. The van der Waals surface area contributed by atoms with E-state index in [4.69, 9.17) is 16.3 Å². The molecule has 1 N–H and O–H groups in total. The number of carbonyl (C=O) groups excluding carboxylic acids is 1. The van der Waals surface area contributed by atoms with E-state index in [0.29, 0.717) is 17.4 Å². The van der Waals surface area contributed by atoms with Crippen LogP contribution in [0.1, 0.15) is 24.3 Å². The first-order valence-electron chi connectivity index (χ1n) is 7.05. The Balaban J connectivity index is 1.86. The number of benzene rings is 1. The standard InChI is InChI=1S/C15H17ClN2O2/c1-18-5-4-15-12(8-18)10(7-14(19)17-15)11-6-9(16)2-3-13(11)20-15/h2-3,6,10,12H,4-5,7-8H2,1H3,(H,17,19)/t10-,12+,15+/m1/s1. The number of hydrogen-bond acceptors (Lipinski definition) is 3. The maximum absolute atomic E-state index is 12.1. The van der Waals surface area contributed by atoms with Crippen molar-refractivity contribution in [3.8, 4) is 5.75 Å². The molecule has 2 fully saturated rings. The first kappa shape index (κ1) is 12.5. The van der Waals surface area contributed by atoms with Gasteiger partial charge in [0.15, 0.2) is 5.72 Å². The molecule has 1 aromatic rings. The number of piperidine rings is 2. The van der Waals surface area contributed by atoms with E-state index >= 15 is 0 Å². The molecule has 1 amide bonds. The van der Waals surface area contributed by atoms with Crippen LogP contribution in [-0.2, 0) is 4.79 Å². The van der Waals surface area contributed by atoms with E-state index in [1.54, 1.807) is 0 Å². The highest BCUT2D eigenvalue weighted by atomic mass is 35.5. The van der Waals surface area contributed by atoms with Gasteiger partial charge in [-0.2, -0.15) is 0 Å². The van der Waals surface area contributed by atoms with Crippen molar-refractivity contribution in [2.24, 2.45) is 5.92 Å². The van der Waals surface area contributed by atoms with E-state index in [-0.39, 0.29) is 11.8 Å². The highest BCUT2D eigenvalue weighted by molar-refractivity contribution is 6.30. The Bertz CT molecular complexity index is 591. The molecule has 3 heterocycles. The smallest absolute Gasteiger partial charge is 0.223 e. The van der Waals surface area contributed by atoms with Crippen molar-refractivity contribution < 1.29 is 9.53 Å². The van der Waals surface area contributed by atoms with Crippen LogP contribution in [0, 0.1) is 5.92 Å². The molecule has 4 nitrogen and oxygen atoms in total. The van der Waals surface area contributed by atoms with Crippen molar-refractivity contribution >= 4 is 17.5 Å². The lowest BCUT2D eigenvalue weighted by atomic mass is 9.69. The Labute approximate surface area is 123 Å². The van der Waals surface area contributed by atoms with Gasteiger partial charge in [0, 0.05) is 42.8 Å². The number of ether oxygens (including phenoxy) is 1. The van der Waals surface area contributed by atoms with Crippen molar-refractivity contribution in [2.45, 2.75) is 24.5 Å². The molecule has 0 aromatic heterocycles. The molecule has 3 aliphatic rings. The fourth-order valence-electron chi connectivity index (χ4n) is 3.93. The average Bonchev–Trinajstić information content (AvgIpc) is 2.40. The topological polar surface area (TPSA) is 41.6 Å². The second-order valence-corrected chi connectivity index (χ2v) is 6.59. The molecule has 0 spiro atoms. The quantitative estimate of drug-likeness (QED) is 0.795. The number of amides is 1. The van der Waals surface area contributed by atoms with Crippen LogP contribution in [-0.4, -0.2) is 36.7 Å². The zero-order chi connectivity index (χ0) is 13.9. The van der Waals surface area contributed by atoms with E-state index in [9.17, 15) is 4.79 Å². The Morgan fingerprint density at radius 1 is 1.50 bits per heavy atom. The highest BCUT2D eigenvalue weighted by Crippen LogP contribution is 2.51. The zero-order valence-corrected chi connectivity index (χ0v) is 12.1. The van der Waals surface area contributed by atoms with Crippen LogP contribution < -0.4 is 10.1 Å². The Kier molecular flexibility index (Phi) is 2.57. The lowest BCUT2D eigenvalue weighted by Crippen LogP contribution is -2.69. The number of halogens is 1. The predicted octanol–water partition coefficient (Wildman–Crippen LogP) is 1.98. The predicted molar refractivity (Wildman–Crippen MR) is 75.9 cm³/mol. The minimum absolute atomic E-state index is 0.0847. The van der Waals surface area contributed by atoms with Gasteiger partial charge in [-0.25, -0.2) is 0 Å². The van der Waals surface area contributed by atoms with E-state index in [2.05, 4.69) is 17.3 Å². The lowest BCUT2D eigenvalue weighted by Gasteiger charge is -2.55. The molecule has 1 aromatic carbocycles.